The Morgan fingerprint density at radius 2 is 2.06 bits per heavy atom. The van der Waals surface area contributed by atoms with E-state index in [1.807, 2.05) is 18.2 Å². The first-order chi connectivity index (χ1) is 8.74. The van der Waals surface area contributed by atoms with Crippen LogP contribution in [0, 0.1) is 0 Å². The monoisotopic (exact) mass is 300 g/mol. The molecule has 3 heterocycles. The number of aromatic nitrogens is 4. The maximum atomic E-state index is 11.3. The van der Waals surface area contributed by atoms with Gasteiger partial charge in [-0.3, -0.25) is 0 Å². The quantitative estimate of drug-likeness (QED) is 0.623. The molecule has 0 amide bonds. The molecule has 6 heteroatoms. The van der Waals surface area contributed by atoms with Crippen molar-refractivity contribution < 1.29 is 0 Å². The number of rotatable bonds is 1. The number of aromatic amines is 1. The fraction of sp³-hybridized carbons (Fsp3) is 0. The van der Waals surface area contributed by atoms with Crippen LogP contribution in [0.1, 0.15) is 0 Å². The molecule has 18 heavy (non-hydrogen) atoms. The van der Waals surface area contributed by atoms with Crippen LogP contribution in [0.4, 0.5) is 0 Å². The molecule has 3 aromatic rings. The first-order valence-electron chi connectivity index (χ1n) is 5.30. The summed E-state index contributed by atoms with van der Waals surface area (Å²) in [6, 6.07) is 7.10. The Morgan fingerprint density at radius 1 is 1.17 bits per heavy atom. The summed E-state index contributed by atoms with van der Waals surface area (Å²) in [7, 11) is 0. The van der Waals surface area contributed by atoms with Gasteiger partial charge in [-0.1, -0.05) is 0 Å². The van der Waals surface area contributed by atoms with Gasteiger partial charge in [-0.05, 0) is 0 Å². The Balaban J connectivity index is 2.25. The molecule has 1 N–H and O–H groups in total. The molecule has 0 fully saturated rings. The second-order valence-electron chi connectivity index (χ2n) is 3.76. The van der Waals surface area contributed by atoms with Crippen LogP contribution in [0.15, 0.2) is 41.6 Å². The number of hydrogen-bond donors (Lipinski definition) is 1. The molecule has 0 aliphatic heterocycles. The van der Waals surface area contributed by atoms with Crippen molar-refractivity contribution >= 4 is 32.4 Å². The maximum absolute atomic E-state index is 11.3. The van der Waals surface area contributed by atoms with E-state index in [4.69, 9.17) is 0 Å². The molecule has 88 valence electrons. The Morgan fingerprint density at radius 3 is 2.89 bits per heavy atom. The van der Waals surface area contributed by atoms with Crippen LogP contribution >= 0.6 is 0 Å². The topological polar surface area (TPSA) is 71.5 Å². The van der Waals surface area contributed by atoms with Gasteiger partial charge in [0.05, 0.1) is 0 Å². The minimum atomic E-state index is -0.139. The van der Waals surface area contributed by atoms with Gasteiger partial charge in [-0.25, -0.2) is 0 Å². The molecule has 0 aliphatic carbocycles. The molecule has 1 unspecified atom stereocenters. The first-order valence-corrected chi connectivity index (χ1v) is 6.51. The van der Waals surface area contributed by atoms with E-state index in [2.05, 4.69) is 19.9 Å². The molecular formula is C12H9AsN4O. The summed E-state index contributed by atoms with van der Waals surface area (Å²) in [5.74, 6) is 0. The molecular weight excluding hydrogens is 291 g/mol. The number of fused-ring (bicyclic) bond motifs is 1. The Kier molecular flexibility index (Phi) is 2.68. The van der Waals surface area contributed by atoms with Crippen molar-refractivity contribution in [2.24, 2.45) is 0 Å². The van der Waals surface area contributed by atoms with Gasteiger partial charge in [0, 0.05) is 0 Å². The third-order valence-corrected chi connectivity index (χ3v) is 3.47. The summed E-state index contributed by atoms with van der Waals surface area (Å²) in [5.41, 5.74) is 3.01. The molecule has 5 nitrogen and oxygen atoms in total. The summed E-state index contributed by atoms with van der Waals surface area (Å²) in [6.07, 6.45) is 3.15. The van der Waals surface area contributed by atoms with Crippen LogP contribution in [0.3, 0.4) is 0 Å². The van der Waals surface area contributed by atoms with E-state index in [1.165, 1.54) is 29.2 Å². The van der Waals surface area contributed by atoms with Crippen LogP contribution < -0.4 is 10.0 Å². The van der Waals surface area contributed by atoms with Gasteiger partial charge in [0.15, 0.2) is 0 Å². The molecule has 0 saturated carbocycles. The number of nitrogens with one attached hydrogen (secondary N) is 1. The van der Waals surface area contributed by atoms with Crippen LogP contribution in [0.5, 0.6) is 0 Å². The fourth-order valence-corrected chi connectivity index (χ4v) is 2.31. The summed E-state index contributed by atoms with van der Waals surface area (Å²) in [4.78, 5) is 26.7. The molecule has 1 atom stereocenters. The van der Waals surface area contributed by atoms with Crippen molar-refractivity contribution in [1.29, 1.82) is 0 Å². The SMILES string of the molecule is O=c1cc(-c2ccc3ncnc([AsH2])c3n2)cc[nH]1. The van der Waals surface area contributed by atoms with Gasteiger partial charge in [0.1, 0.15) is 0 Å². The van der Waals surface area contributed by atoms with Gasteiger partial charge >= 0.3 is 111 Å². The van der Waals surface area contributed by atoms with E-state index >= 15 is 0 Å². The fourth-order valence-electron chi connectivity index (χ4n) is 1.72. The average molecular weight is 300 g/mol. The third kappa shape index (κ3) is 1.93. The van der Waals surface area contributed by atoms with Crippen LogP contribution in [0.2, 0.25) is 0 Å². The summed E-state index contributed by atoms with van der Waals surface area (Å²) < 4.78 is 0.888. The minimum absolute atomic E-state index is 0.139. The van der Waals surface area contributed by atoms with Gasteiger partial charge < -0.3 is 0 Å². The Bertz CT molecular complexity index is 784. The van der Waals surface area contributed by atoms with Crippen molar-refractivity contribution in [3.63, 3.8) is 0 Å². The van der Waals surface area contributed by atoms with Crippen molar-refractivity contribution in [2.45, 2.75) is 0 Å². The molecule has 0 radical (unpaired) electrons. The molecule has 0 aliphatic rings. The predicted molar refractivity (Wildman–Crippen MR) is 71.6 cm³/mol. The van der Waals surface area contributed by atoms with Crippen LogP contribution in [0.25, 0.3) is 22.3 Å². The standard InChI is InChI=1S/C12H9AsN4O/c13-12-11-9(15-6-16-12)2-1-8(17-11)7-3-4-14-10(18)5-7/h1-6H,13H2,(H,14,18). The Hall–Kier alpha value is -2.00. The third-order valence-electron chi connectivity index (χ3n) is 2.58. The second-order valence-corrected chi connectivity index (χ2v) is 4.91. The number of hydrogen-bond acceptors (Lipinski definition) is 4. The van der Waals surface area contributed by atoms with Crippen molar-refractivity contribution in [1.82, 2.24) is 19.9 Å². The summed E-state index contributed by atoms with van der Waals surface area (Å²) in [6.45, 7) is 0. The van der Waals surface area contributed by atoms with Crippen molar-refractivity contribution in [3.05, 3.63) is 47.1 Å². The van der Waals surface area contributed by atoms with E-state index < -0.39 is 0 Å². The molecule has 3 aromatic heterocycles. The molecule has 3 rings (SSSR count). The van der Waals surface area contributed by atoms with Crippen LogP contribution in [-0.2, 0) is 0 Å². The van der Waals surface area contributed by atoms with Gasteiger partial charge in [-0.15, -0.1) is 0 Å². The van der Waals surface area contributed by atoms with E-state index in [0.717, 1.165) is 26.8 Å². The molecule has 0 spiro atoms. The normalized spacial score (nSPS) is 10.7. The predicted octanol–water partition coefficient (Wildman–Crippen LogP) is -0.362. The zero-order valence-corrected chi connectivity index (χ0v) is 11.7. The number of nitrogens with zero attached hydrogens (tertiary/aromatic N) is 3. The van der Waals surface area contributed by atoms with Gasteiger partial charge in [0.2, 0.25) is 0 Å². The van der Waals surface area contributed by atoms with E-state index in [-0.39, 0.29) is 5.56 Å². The summed E-state index contributed by atoms with van der Waals surface area (Å²) >= 11 is 1.40. The molecule has 0 aromatic carbocycles. The average Bonchev–Trinajstić information content (AvgIpc) is 2.39. The molecule has 0 saturated heterocycles. The van der Waals surface area contributed by atoms with E-state index in [9.17, 15) is 4.79 Å². The zero-order chi connectivity index (χ0) is 12.5. The first kappa shape index (κ1) is 11.1. The second kappa shape index (κ2) is 4.35. The van der Waals surface area contributed by atoms with Crippen LogP contribution in [-0.4, -0.2) is 36.8 Å². The van der Waals surface area contributed by atoms with Gasteiger partial charge in [0.25, 0.3) is 0 Å². The summed E-state index contributed by atoms with van der Waals surface area (Å²) in [5, 5.41) is 0. The zero-order valence-electron chi connectivity index (χ0n) is 9.29. The Labute approximate surface area is 111 Å². The molecule has 0 bridgehead atoms. The van der Waals surface area contributed by atoms with E-state index in [0.29, 0.717) is 0 Å². The van der Waals surface area contributed by atoms with Crippen molar-refractivity contribution in [3.8, 4) is 11.3 Å². The number of pyridine rings is 2. The van der Waals surface area contributed by atoms with E-state index in [1.54, 1.807) is 6.20 Å². The van der Waals surface area contributed by atoms with Gasteiger partial charge in [-0.2, -0.15) is 0 Å². The number of H-pyrrole nitrogens is 1. The van der Waals surface area contributed by atoms with Crippen molar-refractivity contribution in [2.75, 3.05) is 0 Å².